The maximum absolute atomic E-state index is 11.2. The number of hydrogen-bond donors (Lipinski definition) is 0. The van der Waals surface area contributed by atoms with E-state index in [2.05, 4.69) is 57.5 Å². The molecule has 3 nitrogen and oxygen atoms in total. The van der Waals surface area contributed by atoms with E-state index in [1.165, 1.54) is 7.11 Å². The van der Waals surface area contributed by atoms with Crippen LogP contribution in [0.3, 0.4) is 0 Å². The maximum atomic E-state index is 11.2. The van der Waals surface area contributed by atoms with Gasteiger partial charge in [-0.05, 0) is 12.1 Å². The summed E-state index contributed by atoms with van der Waals surface area (Å²) in [6, 6.07) is 5.23. The minimum atomic E-state index is -0.429. The van der Waals surface area contributed by atoms with Crippen LogP contribution in [0.25, 0.3) is 0 Å². The largest absolute Gasteiger partial charge is 0.464 e. The molecule has 0 aliphatic heterocycles. The molecule has 0 saturated carbocycles. The van der Waals surface area contributed by atoms with Gasteiger partial charge in [0.25, 0.3) is 0 Å². The Labute approximate surface area is 113 Å². The number of rotatable bonds is 2. The molecule has 0 amide bonds. The SMILES string of the molecule is COC(=O)c1cccc(CC(Br)(Br)Br)n1. The molecular weight excluding hydrogens is 394 g/mol. The summed E-state index contributed by atoms with van der Waals surface area (Å²) in [4.78, 5) is 15.4. The number of carbonyl (C=O) groups excluding carboxylic acids is 1. The monoisotopic (exact) mass is 399 g/mol. The highest BCUT2D eigenvalue weighted by Gasteiger charge is 2.19. The molecule has 0 aliphatic carbocycles. The Bertz CT molecular complexity index is 363. The van der Waals surface area contributed by atoms with E-state index in [0.29, 0.717) is 12.1 Å². The summed E-state index contributed by atoms with van der Waals surface area (Å²) in [5.74, 6) is -0.429. The maximum Gasteiger partial charge on any atom is 0.356 e. The molecular formula is C9H8Br3NO2. The van der Waals surface area contributed by atoms with Crippen molar-refractivity contribution < 1.29 is 9.53 Å². The third-order valence-corrected chi connectivity index (χ3v) is 2.42. The first-order chi connectivity index (χ1) is 6.92. The Hall–Kier alpha value is 0.0600. The first kappa shape index (κ1) is 13.1. The third-order valence-electron chi connectivity index (χ3n) is 1.58. The van der Waals surface area contributed by atoms with Crippen molar-refractivity contribution >= 4 is 53.8 Å². The summed E-state index contributed by atoms with van der Waals surface area (Å²) >= 11 is 10.1. The molecule has 1 heterocycles. The lowest BCUT2D eigenvalue weighted by molar-refractivity contribution is 0.0593. The second-order valence-corrected chi connectivity index (χ2v) is 10.1. The zero-order valence-electron chi connectivity index (χ0n) is 7.84. The van der Waals surface area contributed by atoms with Gasteiger partial charge in [0.1, 0.15) is 7.84 Å². The molecule has 0 aliphatic rings. The average molecular weight is 402 g/mol. The van der Waals surface area contributed by atoms with Crippen molar-refractivity contribution in [1.29, 1.82) is 0 Å². The molecule has 0 spiro atoms. The number of hydrogen-bond acceptors (Lipinski definition) is 3. The Morgan fingerprint density at radius 3 is 2.67 bits per heavy atom. The van der Waals surface area contributed by atoms with E-state index in [0.717, 1.165) is 5.69 Å². The molecule has 1 rings (SSSR count). The number of carbonyl (C=O) groups is 1. The fraction of sp³-hybridized carbons (Fsp3) is 0.333. The number of nitrogens with zero attached hydrogens (tertiary/aromatic N) is 1. The molecule has 0 aromatic carbocycles. The minimum absolute atomic E-state index is 0.312. The van der Waals surface area contributed by atoms with Crippen molar-refractivity contribution in [3.63, 3.8) is 0 Å². The molecule has 0 atom stereocenters. The third kappa shape index (κ3) is 4.61. The van der Waals surface area contributed by atoms with Crippen LogP contribution in [0.5, 0.6) is 0 Å². The Morgan fingerprint density at radius 1 is 1.47 bits per heavy atom. The number of methoxy groups -OCH3 is 1. The molecule has 1 aromatic rings. The van der Waals surface area contributed by atoms with Gasteiger partial charge in [-0.2, -0.15) is 0 Å². The normalized spacial score (nSPS) is 11.2. The zero-order valence-corrected chi connectivity index (χ0v) is 12.6. The summed E-state index contributed by atoms with van der Waals surface area (Å²) in [5.41, 5.74) is 1.09. The van der Waals surface area contributed by atoms with Crippen molar-refractivity contribution in [2.75, 3.05) is 7.11 Å². The van der Waals surface area contributed by atoms with Crippen LogP contribution in [0.4, 0.5) is 0 Å². The lowest BCUT2D eigenvalue weighted by atomic mass is 10.2. The van der Waals surface area contributed by atoms with Crippen molar-refractivity contribution in [2.24, 2.45) is 0 Å². The highest BCUT2D eigenvalue weighted by atomic mass is 80.0. The highest BCUT2D eigenvalue weighted by Crippen LogP contribution is 2.36. The Balaban J connectivity index is 2.88. The Kier molecular flexibility index (Phi) is 4.73. The van der Waals surface area contributed by atoms with Gasteiger partial charge in [0, 0.05) is 12.1 Å². The van der Waals surface area contributed by atoms with Gasteiger partial charge >= 0.3 is 5.97 Å². The van der Waals surface area contributed by atoms with Gasteiger partial charge in [0.05, 0.1) is 7.11 Å². The quantitative estimate of drug-likeness (QED) is 0.564. The second kappa shape index (κ2) is 5.41. The summed E-state index contributed by atoms with van der Waals surface area (Å²) in [7, 11) is 1.33. The van der Waals surface area contributed by atoms with Crippen molar-refractivity contribution in [2.45, 2.75) is 8.56 Å². The molecule has 15 heavy (non-hydrogen) atoms. The van der Waals surface area contributed by atoms with Gasteiger partial charge in [-0.25, -0.2) is 9.78 Å². The first-order valence-corrected chi connectivity index (χ1v) is 6.41. The predicted molar refractivity (Wildman–Crippen MR) is 68.8 cm³/mol. The molecule has 82 valence electrons. The van der Waals surface area contributed by atoms with E-state index in [9.17, 15) is 4.79 Å². The van der Waals surface area contributed by atoms with Gasteiger partial charge in [-0.15, -0.1) is 0 Å². The number of aromatic nitrogens is 1. The number of ether oxygens (including phenoxy) is 1. The van der Waals surface area contributed by atoms with Crippen LogP contribution < -0.4 is 0 Å². The van der Waals surface area contributed by atoms with E-state index >= 15 is 0 Å². The summed E-state index contributed by atoms with van der Waals surface area (Å²) in [6.07, 6.45) is 0.595. The van der Waals surface area contributed by atoms with Crippen LogP contribution in [0.1, 0.15) is 16.2 Å². The molecule has 0 bridgehead atoms. The topological polar surface area (TPSA) is 39.2 Å². The number of pyridine rings is 1. The van der Waals surface area contributed by atoms with Crippen molar-refractivity contribution in [3.8, 4) is 0 Å². The standard InChI is InChI=1S/C9H8Br3NO2/c1-15-8(14)7-4-2-3-6(13-7)5-9(10,11)12/h2-4H,5H2,1H3. The minimum Gasteiger partial charge on any atom is -0.464 e. The van der Waals surface area contributed by atoms with E-state index in [1.807, 2.05) is 6.07 Å². The van der Waals surface area contributed by atoms with E-state index in [4.69, 9.17) is 0 Å². The van der Waals surface area contributed by atoms with Gasteiger partial charge in [-0.1, -0.05) is 53.9 Å². The van der Waals surface area contributed by atoms with Crippen LogP contribution in [-0.2, 0) is 11.2 Å². The fourth-order valence-electron chi connectivity index (χ4n) is 1.00. The van der Waals surface area contributed by atoms with E-state index in [-0.39, 0.29) is 0 Å². The van der Waals surface area contributed by atoms with Crippen LogP contribution in [0, 0.1) is 0 Å². The molecule has 0 fully saturated rings. The van der Waals surface area contributed by atoms with E-state index in [1.54, 1.807) is 12.1 Å². The summed E-state index contributed by atoms with van der Waals surface area (Å²) < 4.78 is 4.19. The summed E-state index contributed by atoms with van der Waals surface area (Å²) in [5, 5.41) is 0. The average Bonchev–Trinajstić information content (AvgIpc) is 2.14. The van der Waals surface area contributed by atoms with Crippen LogP contribution in [-0.4, -0.2) is 20.2 Å². The van der Waals surface area contributed by atoms with Crippen LogP contribution >= 0.6 is 47.8 Å². The molecule has 0 saturated heterocycles. The Morgan fingerprint density at radius 2 is 2.13 bits per heavy atom. The van der Waals surface area contributed by atoms with Crippen molar-refractivity contribution in [1.82, 2.24) is 4.98 Å². The summed E-state index contributed by atoms with van der Waals surface area (Å²) in [6.45, 7) is 0. The fourth-order valence-corrected chi connectivity index (χ4v) is 1.86. The second-order valence-electron chi connectivity index (χ2n) is 2.80. The number of esters is 1. The first-order valence-electron chi connectivity index (χ1n) is 4.03. The number of halogens is 3. The molecule has 1 aromatic heterocycles. The van der Waals surface area contributed by atoms with Gasteiger partial charge in [0.15, 0.2) is 0 Å². The van der Waals surface area contributed by atoms with Gasteiger partial charge < -0.3 is 4.74 Å². The molecule has 0 radical (unpaired) electrons. The molecule has 0 N–H and O–H groups in total. The smallest absolute Gasteiger partial charge is 0.356 e. The van der Waals surface area contributed by atoms with Gasteiger partial charge in [0.2, 0.25) is 0 Å². The molecule has 0 unspecified atom stereocenters. The van der Waals surface area contributed by atoms with E-state index < -0.39 is 8.11 Å². The predicted octanol–water partition coefficient (Wildman–Crippen LogP) is 3.25. The zero-order chi connectivity index (χ0) is 11.5. The highest BCUT2D eigenvalue weighted by molar-refractivity contribution is 9.39. The van der Waals surface area contributed by atoms with Crippen LogP contribution in [0.15, 0.2) is 18.2 Å². The van der Waals surface area contributed by atoms with Crippen molar-refractivity contribution in [3.05, 3.63) is 29.6 Å². The lowest BCUT2D eigenvalue weighted by Crippen LogP contribution is -2.10. The van der Waals surface area contributed by atoms with Gasteiger partial charge in [-0.3, -0.25) is 0 Å². The molecule has 6 heteroatoms. The number of alkyl halides is 3. The van der Waals surface area contributed by atoms with Crippen LogP contribution in [0.2, 0.25) is 0 Å². The lowest BCUT2D eigenvalue weighted by Gasteiger charge is -2.11.